The van der Waals surface area contributed by atoms with Crippen molar-refractivity contribution in [3.63, 3.8) is 0 Å². The zero-order chi connectivity index (χ0) is 19.5. The van der Waals surface area contributed by atoms with Gasteiger partial charge in [-0.2, -0.15) is 4.68 Å². The number of piperidine rings is 1. The first-order chi connectivity index (χ1) is 13.6. The summed E-state index contributed by atoms with van der Waals surface area (Å²) in [6.45, 7) is 2.97. The lowest BCUT2D eigenvalue weighted by Crippen LogP contribution is -3.12. The molecular weight excluding hydrogens is 371 g/mol. The topological polar surface area (TPSA) is 27.2 Å². The number of halogens is 1. The summed E-state index contributed by atoms with van der Waals surface area (Å²) >= 11 is 5.56. The molecule has 0 radical (unpaired) electrons. The fraction of sp³-hybridized carbons (Fsp3) is 0.364. The van der Waals surface area contributed by atoms with Crippen LogP contribution in [0, 0.1) is 16.5 Å². The number of likely N-dealkylation sites (tertiary alicyclic amines) is 1. The van der Waals surface area contributed by atoms with Crippen molar-refractivity contribution in [2.45, 2.75) is 25.9 Å². The van der Waals surface area contributed by atoms with Gasteiger partial charge in [0.1, 0.15) is 5.82 Å². The molecule has 146 valence electrons. The molecule has 1 saturated heterocycles. The molecule has 4 rings (SSSR count). The molecule has 3 aromatic rings. The largest absolute Gasteiger partial charge is 0.316 e. The number of nitrogens with one attached hydrogen (secondary N) is 1. The van der Waals surface area contributed by atoms with Crippen LogP contribution in [0.4, 0.5) is 4.39 Å². The highest BCUT2D eigenvalue weighted by atomic mass is 32.1. The second kappa shape index (κ2) is 8.37. The van der Waals surface area contributed by atoms with Crippen molar-refractivity contribution in [1.29, 1.82) is 0 Å². The fourth-order valence-corrected chi connectivity index (χ4v) is 4.27. The van der Waals surface area contributed by atoms with Crippen molar-refractivity contribution in [2.75, 3.05) is 13.1 Å². The van der Waals surface area contributed by atoms with E-state index in [-0.39, 0.29) is 5.82 Å². The molecule has 6 heteroatoms. The quantitative estimate of drug-likeness (QED) is 0.669. The van der Waals surface area contributed by atoms with E-state index in [4.69, 9.17) is 12.2 Å². The predicted molar refractivity (Wildman–Crippen MR) is 111 cm³/mol. The zero-order valence-corrected chi connectivity index (χ0v) is 17.0. The molecule has 0 bridgehead atoms. The summed E-state index contributed by atoms with van der Waals surface area (Å²) in [6.07, 6.45) is 3.59. The van der Waals surface area contributed by atoms with Gasteiger partial charge in [0.05, 0.1) is 18.7 Å². The number of quaternary nitrogens is 1. The van der Waals surface area contributed by atoms with Gasteiger partial charge in [-0.1, -0.05) is 42.5 Å². The Kier molecular flexibility index (Phi) is 5.69. The van der Waals surface area contributed by atoms with Gasteiger partial charge >= 0.3 is 0 Å². The van der Waals surface area contributed by atoms with Gasteiger partial charge in [0.2, 0.25) is 4.77 Å². The van der Waals surface area contributed by atoms with E-state index in [2.05, 4.69) is 35.4 Å². The predicted octanol–water partition coefficient (Wildman–Crippen LogP) is 3.25. The van der Waals surface area contributed by atoms with Crippen LogP contribution in [0.2, 0.25) is 0 Å². The van der Waals surface area contributed by atoms with E-state index in [0.29, 0.717) is 16.2 Å². The Morgan fingerprint density at radius 2 is 1.75 bits per heavy atom. The van der Waals surface area contributed by atoms with E-state index < -0.39 is 0 Å². The number of hydrogen-bond donors (Lipinski definition) is 1. The minimum absolute atomic E-state index is 0.271. The standard InChI is InChI=1S/C22H25FN4S/c1-25-21(19-9-5-6-10-20(19)23)24-27(22(25)28)16-26-13-11-18(12-14-26)15-17-7-3-2-4-8-17/h2-10,18H,11-16H2,1H3/p+1. The van der Waals surface area contributed by atoms with Crippen molar-refractivity contribution < 1.29 is 9.29 Å². The number of aromatic nitrogens is 3. The molecule has 1 aliphatic rings. The summed E-state index contributed by atoms with van der Waals surface area (Å²) in [5.41, 5.74) is 1.92. The zero-order valence-electron chi connectivity index (χ0n) is 16.1. The smallest absolute Gasteiger partial charge is 0.202 e. The molecule has 1 fully saturated rings. The normalized spacial score (nSPS) is 19.6. The van der Waals surface area contributed by atoms with Crippen molar-refractivity contribution in [2.24, 2.45) is 13.0 Å². The fourth-order valence-electron chi connectivity index (χ4n) is 4.08. The molecule has 0 spiro atoms. The molecule has 0 amide bonds. The van der Waals surface area contributed by atoms with Gasteiger partial charge in [0.15, 0.2) is 12.5 Å². The average molecular weight is 398 g/mol. The molecular formula is C22H26FN4S+. The summed E-state index contributed by atoms with van der Waals surface area (Å²) in [7, 11) is 1.86. The van der Waals surface area contributed by atoms with Crippen LogP contribution >= 0.6 is 12.2 Å². The van der Waals surface area contributed by atoms with Crippen LogP contribution in [-0.4, -0.2) is 27.4 Å². The first-order valence-corrected chi connectivity index (χ1v) is 10.3. The SMILES string of the molecule is Cn1c(-c2ccccc2F)nn(C[NH+]2CCC(Cc3ccccc3)CC2)c1=S. The van der Waals surface area contributed by atoms with E-state index in [1.807, 2.05) is 17.8 Å². The van der Waals surface area contributed by atoms with Crippen molar-refractivity contribution in [1.82, 2.24) is 14.3 Å². The number of benzene rings is 2. The Hall–Kier alpha value is -2.31. The van der Waals surface area contributed by atoms with Crippen LogP contribution < -0.4 is 4.90 Å². The van der Waals surface area contributed by atoms with Gasteiger partial charge in [0, 0.05) is 7.05 Å². The lowest BCUT2D eigenvalue weighted by molar-refractivity contribution is -0.929. The van der Waals surface area contributed by atoms with Crippen LogP contribution in [-0.2, 0) is 20.1 Å². The molecule has 0 atom stereocenters. The van der Waals surface area contributed by atoms with E-state index >= 15 is 0 Å². The minimum atomic E-state index is -0.271. The van der Waals surface area contributed by atoms with Crippen molar-refractivity contribution in [3.05, 3.63) is 70.7 Å². The third-order valence-electron chi connectivity index (χ3n) is 5.71. The molecule has 0 unspecified atom stereocenters. The van der Waals surface area contributed by atoms with Gasteiger partial charge in [-0.3, -0.25) is 0 Å². The molecule has 1 aliphatic heterocycles. The summed E-state index contributed by atoms with van der Waals surface area (Å²) < 4.78 is 18.5. The minimum Gasteiger partial charge on any atom is -0.316 e. The Balaban J connectivity index is 1.41. The Labute approximate surface area is 170 Å². The summed E-state index contributed by atoms with van der Waals surface area (Å²) in [4.78, 5) is 1.48. The van der Waals surface area contributed by atoms with Crippen LogP contribution in [0.25, 0.3) is 11.4 Å². The van der Waals surface area contributed by atoms with Crippen molar-refractivity contribution in [3.8, 4) is 11.4 Å². The maximum Gasteiger partial charge on any atom is 0.202 e. The lowest BCUT2D eigenvalue weighted by atomic mass is 9.90. The lowest BCUT2D eigenvalue weighted by Gasteiger charge is -2.29. The molecule has 28 heavy (non-hydrogen) atoms. The Morgan fingerprint density at radius 1 is 1.07 bits per heavy atom. The molecule has 0 aliphatic carbocycles. The van der Waals surface area contributed by atoms with E-state index in [9.17, 15) is 4.39 Å². The highest BCUT2D eigenvalue weighted by molar-refractivity contribution is 7.71. The molecule has 2 heterocycles. The highest BCUT2D eigenvalue weighted by Crippen LogP contribution is 2.20. The molecule has 0 saturated carbocycles. The summed E-state index contributed by atoms with van der Waals surface area (Å²) in [6, 6.07) is 17.5. The third-order valence-corrected chi connectivity index (χ3v) is 6.19. The Bertz CT molecular complexity index is 987. The highest BCUT2D eigenvalue weighted by Gasteiger charge is 2.24. The van der Waals surface area contributed by atoms with Gasteiger partial charge in [-0.25, -0.2) is 4.39 Å². The number of hydrogen-bond acceptors (Lipinski definition) is 2. The molecule has 1 aromatic heterocycles. The second-order valence-corrected chi connectivity index (χ2v) is 8.05. The first-order valence-electron chi connectivity index (χ1n) is 9.88. The van der Waals surface area contributed by atoms with E-state index in [0.717, 1.165) is 32.1 Å². The van der Waals surface area contributed by atoms with Crippen molar-refractivity contribution >= 4 is 12.2 Å². The molecule has 1 N–H and O–H groups in total. The number of nitrogens with zero attached hydrogens (tertiary/aromatic N) is 3. The molecule has 2 aromatic carbocycles. The molecule has 4 nitrogen and oxygen atoms in total. The first kappa shape index (κ1) is 19.0. The van der Waals surface area contributed by atoms with Crippen LogP contribution in [0.3, 0.4) is 0 Å². The maximum absolute atomic E-state index is 14.2. The summed E-state index contributed by atoms with van der Waals surface area (Å²) in [5.74, 6) is 1.06. The van der Waals surface area contributed by atoms with Gasteiger partial charge in [0.25, 0.3) is 0 Å². The number of rotatable bonds is 5. The van der Waals surface area contributed by atoms with Crippen LogP contribution in [0.5, 0.6) is 0 Å². The van der Waals surface area contributed by atoms with Gasteiger partial charge in [-0.15, -0.1) is 5.10 Å². The van der Waals surface area contributed by atoms with E-state index in [1.165, 1.54) is 29.4 Å². The maximum atomic E-state index is 14.2. The second-order valence-electron chi connectivity index (χ2n) is 7.69. The van der Waals surface area contributed by atoms with Gasteiger partial charge < -0.3 is 9.47 Å². The van der Waals surface area contributed by atoms with Gasteiger partial charge in [-0.05, 0) is 55.1 Å². The third kappa shape index (κ3) is 4.08. The monoisotopic (exact) mass is 397 g/mol. The Morgan fingerprint density at radius 3 is 2.46 bits per heavy atom. The van der Waals surface area contributed by atoms with E-state index in [1.54, 1.807) is 16.7 Å². The van der Waals surface area contributed by atoms with Crippen LogP contribution in [0.15, 0.2) is 54.6 Å². The average Bonchev–Trinajstić information content (AvgIpc) is 2.99. The van der Waals surface area contributed by atoms with Crippen LogP contribution in [0.1, 0.15) is 18.4 Å². The summed E-state index contributed by atoms with van der Waals surface area (Å²) in [5, 5.41) is 4.64.